The lowest BCUT2D eigenvalue weighted by molar-refractivity contribution is -0.122. The van der Waals surface area contributed by atoms with Crippen molar-refractivity contribution < 1.29 is 4.79 Å². The van der Waals surface area contributed by atoms with Gasteiger partial charge < -0.3 is 10.6 Å². The summed E-state index contributed by atoms with van der Waals surface area (Å²) >= 11 is 5.92. The SMILES string of the molecule is CCC(CC)NC(=O)C(C)Nc1cc(Cl)ccc1C#N. The molecule has 20 heavy (non-hydrogen) atoms. The number of carbonyl (C=O) groups is 1. The second kappa shape index (κ2) is 7.76. The maximum atomic E-state index is 12.1. The molecule has 0 spiro atoms. The molecule has 5 heteroatoms. The third kappa shape index (κ3) is 4.43. The monoisotopic (exact) mass is 293 g/mol. The van der Waals surface area contributed by atoms with Crippen LogP contribution in [-0.2, 0) is 4.79 Å². The molecule has 1 unspecified atom stereocenters. The number of rotatable bonds is 6. The van der Waals surface area contributed by atoms with E-state index in [1.54, 1.807) is 25.1 Å². The van der Waals surface area contributed by atoms with Crippen molar-refractivity contribution in [2.45, 2.75) is 45.7 Å². The number of amides is 1. The molecular formula is C15H20ClN3O. The molecule has 0 saturated carbocycles. The van der Waals surface area contributed by atoms with Crippen LogP contribution in [0.25, 0.3) is 0 Å². The van der Waals surface area contributed by atoms with Gasteiger partial charge in [-0.05, 0) is 38.0 Å². The second-order valence-corrected chi connectivity index (χ2v) is 5.13. The highest BCUT2D eigenvalue weighted by Gasteiger charge is 2.16. The van der Waals surface area contributed by atoms with Gasteiger partial charge in [-0.2, -0.15) is 5.26 Å². The normalized spacial score (nSPS) is 11.8. The highest BCUT2D eigenvalue weighted by molar-refractivity contribution is 6.30. The summed E-state index contributed by atoms with van der Waals surface area (Å²) in [7, 11) is 0. The predicted molar refractivity (Wildman–Crippen MR) is 81.8 cm³/mol. The lowest BCUT2D eigenvalue weighted by Gasteiger charge is -2.20. The van der Waals surface area contributed by atoms with Gasteiger partial charge in [-0.1, -0.05) is 25.4 Å². The van der Waals surface area contributed by atoms with Crippen molar-refractivity contribution in [1.82, 2.24) is 5.32 Å². The number of carbonyl (C=O) groups excluding carboxylic acids is 1. The number of halogens is 1. The Morgan fingerprint density at radius 1 is 1.40 bits per heavy atom. The molecule has 108 valence electrons. The minimum atomic E-state index is -0.429. The van der Waals surface area contributed by atoms with Gasteiger partial charge in [-0.25, -0.2) is 0 Å². The summed E-state index contributed by atoms with van der Waals surface area (Å²) < 4.78 is 0. The fraction of sp³-hybridized carbons (Fsp3) is 0.467. The Labute approximate surface area is 125 Å². The molecule has 0 heterocycles. The molecule has 1 atom stereocenters. The first-order valence-electron chi connectivity index (χ1n) is 6.78. The van der Waals surface area contributed by atoms with Crippen LogP contribution in [0.15, 0.2) is 18.2 Å². The van der Waals surface area contributed by atoms with Crippen LogP contribution >= 0.6 is 11.6 Å². The number of nitrogens with zero attached hydrogens (tertiary/aromatic N) is 1. The zero-order chi connectivity index (χ0) is 15.1. The van der Waals surface area contributed by atoms with Crippen molar-refractivity contribution in [2.24, 2.45) is 0 Å². The minimum Gasteiger partial charge on any atom is -0.373 e. The van der Waals surface area contributed by atoms with E-state index < -0.39 is 6.04 Å². The second-order valence-electron chi connectivity index (χ2n) is 4.69. The summed E-state index contributed by atoms with van der Waals surface area (Å²) in [5.74, 6) is -0.0810. The Bertz CT molecular complexity index is 506. The van der Waals surface area contributed by atoms with E-state index in [2.05, 4.69) is 16.7 Å². The molecule has 1 aromatic rings. The zero-order valence-corrected chi connectivity index (χ0v) is 12.8. The Hall–Kier alpha value is -1.73. The average Bonchev–Trinajstić information content (AvgIpc) is 2.44. The highest BCUT2D eigenvalue weighted by Crippen LogP contribution is 2.21. The number of nitrogens with one attached hydrogen (secondary N) is 2. The quantitative estimate of drug-likeness (QED) is 0.845. The van der Waals surface area contributed by atoms with Gasteiger partial charge in [0.05, 0.1) is 11.3 Å². The smallest absolute Gasteiger partial charge is 0.242 e. The molecule has 0 aromatic heterocycles. The summed E-state index contributed by atoms with van der Waals surface area (Å²) in [5, 5.41) is 15.6. The first-order valence-corrected chi connectivity index (χ1v) is 7.16. The van der Waals surface area contributed by atoms with Gasteiger partial charge in [0.15, 0.2) is 0 Å². The molecule has 1 rings (SSSR count). The number of benzene rings is 1. The highest BCUT2D eigenvalue weighted by atomic mass is 35.5. The summed E-state index contributed by atoms with van der Waals surface area (Å²) in [6, 6.07) is 6.77. The van der Waals surface area contributed by atoms with Crippen molar-refractivity contribution in [3.63, 3.8) is 0 Å². The summed E-state index contributed by atoms with van der Waals surface area (Å²) in [6.07, 6.45) is 1.80. The van der Waals surface area contributed by atoms with Crippen molar-refractivity contribution in [3.05, 3.63) is 28.8 Å². The number of anilines is 1. The van der Waals surface area contributed by atoms with E-state index in [0.717, 1.165) is 12.8 Å². The Kier molecular flexibility index (Phi) is 6.33. The molecule has 0 saturated heterocycles. The van der Waals surface area contributed by atoms with Crippen LogP contribution in [0.1, 0.15) is 39.2 Å². The lowest BCUT2D eigenvalue weighted by Crippen LogP contribution is -2.42. The van der Waals surface area contributed by atoms with Crippen LogP contribution in [0, 0.1) is 11.3 Å². The van der Waals surface area contributed by atoms with Gasteiger partial charge in [-0.3, -0.25) is 4.79 Å². The summed E-state index contributed by atoms with van der Waals surface area (Å²) in [6.45, 7) is 5.84. The van der Waals surface area contributed by atoms with Crippen molar-refractivity contribution >= 4 is 23.2 Å². The van der Waals surface area contributed by atoms with E-state index in [1.165, 1.54) is 0 Å². The van der Waals surface area contributed by atoms with Gasteiger partial charge in [0.1, 0.15) is 12.1 Å². The average molecular weight is 294 g/mol. The van der Waals surface area contributed by atoms with E-state index >= 15 is 0 Å². The number of nitriles is 1. The van der Waals surface area contributed by atoms with Gasteiger partial charge in [0.2, 0.25) is 5.91 Å². The zero-order valence-electron chi connectivity index (χ0n) is 12.0. The van der Waals surface area contributed by atoms with Crippen LogP contribution in [0.2, 0.25) is 5.02 Å². The van der Waals surface area contributed by atoms with Crippen LogP contribution in [-0.4, -0.2) is 18.0 Å². The summed E-state index contributed by atoms with van der Waals surface area (Å²) in [4.78, 5) is 12.1. The van der Waals surface area contributed by atoms with E-state index in [9.17, 15) is 4.79 Å². The fourth-order valence-corrected chi connectivity index (χ4v) is 2.02. The molecule has 1 amide bonds. The van der Waals surface area contributed by atoms with Crippen LogP contribution in [0.5, 0.6) is 0 Å². The number of hydrogen-bond acceptors (Lipinski definition) is 3. The Morgan fingerprint density at radius 3 is 2.60 bits per heavy atom. The molecule has 2 N–H and O–H groups in total. The topological polar surface area (TPSA) is 64.9 Å². The van der Waals surface area contributed by atoms with E-state index in [4.69, 9.17) is 16.9 Å². The third-order valence-corrected chi connectivity index (χ3v) is 3.43. The molecular weight excluding hydrogens is 274 g/mol. The maximum absolute atomic E-state index is 12.1. The van der Waals surface area contributed by atoms with Gasteiger partial charge in [0, 0.05) is 11.1 Å². The van der Waals surface area contributed by atoms with Gasteiger partial charge in [0.25, 0.3) is 0 Å². The first-order chi connectivity index (χ1) is 9.51. The third-order valence-electron chi connectivity index (χ3n) is 3.20. The number of hydrogen-bond donors (Lipinski definition) is 2. The van der Waals surface area contributed by atoms with Crippen LogP contribution in [0.3, 0.4) is 0 Å². The van der Waals surface area contributed by atoms with Crippen molar-refractivity contribution in [2.75, 3.05) is 5.32 Å². The van der Waals surface area contributed by atoms with E-state index in [1.807, 2.05) is 13.8 Å². The van der Waals surface area contributed by atoms with Gasteiger partial charge >= 0.3 is 0 Å². The molecule has 0 bridgehead atoms. The largest absolute Gasteiger partial charge is 0.373 e. The molecule has 4 nitrogen and oxygen atoms in total. The molecule has 0 aliphatic carbocycles. The van der Waals surface area contributed by atoms with Crippen LogP contribution < -0.4 is 10.6 Å². The standard InChI is InChI=1S/C15H20ClN3O/c1-4-13(5-2)19-15(20)10(3)18-14-8-12(16)7-6-11(14)9-17/h6-8,10,13,18H,4-5H2,1-3H3,(H,19,20). The van der Waals surface area contributed by atoms with E-state index in [0.29, 0.717) is 16.3 Å². The summed E-state index contributed by atoms with van der Waals surface area (Å²) in [5.41, 5.74) is 1.05. The molecule has 0 aliphatic heterocycles. The van der Waals surface area contributed by atoms with Gasteiger partial charge in [-0.15, -0.1) is 0 Å². The molecule has 1 aromatic carbocycles. The van der Waals surface area contributed by atoms with Crippen molar-refractivity contribution in [3.8, 4) is 6.07 Å². The molecule has 0 radical (unpaired) electrons. The predicted octanol–water partition coefficient (Wildman–Crippen LogP) is 3.32. The Balaban J connectivity index is 2.75. The Morgan fingerprint density at radius 2 is 2.05 bits per heavy atom. The van der Waals surface area contributed by atoms with E-state index in [-0.39, 0.29) is 11.9 Å². The minimum absolute atomic E-state index is 0.0810. The molecule has 0 aliphatic rings. The van der Waals surface area contributed by atoms with Crippen LogP contribution in [0.4, 0.5) is 5.69 Å². The van der Waals surface area contributed by atoms with Crippen molar-refractivity contribution in [1.29, 1.82) is 5.26 Å². The lowest BCUT2D eigenvalue weighted by atomic mass is 10.1. The molecule has 0 fully saturated rings. The maximum Gasteiger partial charge on any atom is 0.242 e. The first kappa shape index (κ1) is 16.3. The fourth-order valence-electron chi connectivity index (χ4n) is 1.85.